The predicted molar refractivity (Wildman–Crippen MR) is 82.3 cm³/mol. The molecular formula is C13H24N4O2S. The molecular weight excluding hydrogens is 276 g/mol. The molecule has 1 atom stereocenters. The molecule has 1 aliphatic heterocycles. The van der Waals surface area contributed by atoms with E-state index in [-0.39, 0.29) is 17.9 Å². The van der Waals surface area contributed by atoms with Crippen LogP contribution < -0.4 is 11.1 Å². The molecule has 114 valence electrons. The number of hydrogen-bond donors (Lipinski definition) is 2. The van der Waals surface area contributed by atoms with Gasteiger partial charge in [0.25, 0.3) is 0 Å². The number of rotatable bonds is 7. The zero-order valence-corrected chi connectivity index (χ0v) is 13.0. The molecule has 0 bridgehead atoms. The van der Waals surface area contributed by atoms with Crippen LogP contribution in [0.2, 0.25) is 0 Å². The van der Waals surface area contributed by atoms with Crippen LogP contribution in [0.4, 0.5) is 0 Å². The van der Waals surface area contributed by atoms with E-state index in [4.69, 9.17) is 18.0 Å². The molecule has 1 saturated heterocycles. The second kappa shape index (κ2) is 8.16. The number of nitrogens with zero attached hydrogens (tertiary/aromatic N) is 2. The summed E-state index contributed by atoms with van der Waals surface area (Å²) in [6.07, 6.45) is 2.00. The third-order valence-corrected chi connectivity index (χ3v) is 3.65. The molecule has 2 amide bonds. The van der Waals surface area contributed by atoms with E-state index in [2.05, 4.69) is 10.2 Å². The molecule has 0 aromatic heterocycles. The maximum absolute atomic E-state index is 11.9. The molecule has 6 nitrogen and oxygen atoms in total. The Morgan fingerprint density at radius 2 is 2.15 bits per heavy atom. The van der Waals surface area contributed by atoms with Crippen molar-refractivity contribution in [2.45, 2.75) is 32.2 Å². The van der Waals surface area contributed by atoms with Crippen LogP contribution in [0.15, 0.2) is 0 Å². The van der Waals surface area contributed by atoms with Crippen molar-refractivity contribution >= 4 is 29.0 Å². The van der Waals surface area contributed by atoms with E-state index in [1.165, 1.54) is 6.92 Å². The summed E-state index contributed by atoms with van der Waals surface area (Å²) in [5.41, 5.74) is 5.42. The van der Waals surface area contributed by atoms with Crippen LogP contribution in [-0.4, -0.2) is 65.9 Å². The van der Waals surface area contributed by atoms with E-state index in [0.29, 0.717) is 24.4 Å². The van der Waals surface area contributed by atoms with Crippen LogP contribution in [0.5, 0.6) is 0 Å². The second-order valence-electron chi connectivity index (χ2n) is 5.27. The normalized spacial score (nSPS) is 18.8. The largest absolute Gasteiger partial charge is 0.393 e. The number of carbonyl (C=O) groups is 2. The van der Waals surface area contributed by atoms with Gasteiger partial charge in [0.05, 0.1) is 4.99 Å². The third kappa shape index (κ3) is 6.29. The van der Waals surface area contributed by atoms with E-state index in [0.717, 1.165) is 26.1 Å². The van der Waals surface area contributed by atoms with Gasteiger partial charge in [0, 0.05) is 59.0 Å². The Morgan fingerprint density at radius 3 is 2.75 bits per heavy atom. The smallest absolute Gasteiger partial charge is 0.223 e. The fourth-order valence-corrected chi connectivity index (χ4v) is 2.38. The van der Waals surface area contributed by atoms with Crippen LogP contribution in [-0.2, 0) is 9.59 Å². The SMILES string of the molecule is CC(=O)NC1CCN(CCC(=O)N(C)CCC(N)=S)C1. The lowest BCUT2D eigenvalue weighted by molar-refractivity contribution is -0.130. The molecule has 1 aliphatic rings. The molecule has 0 saturated carbocycles. The third-order valence-electron chi connectivity index (χ3n) is 3.44. The maximum atomic E-state index is 11.9. The van der Waals surface area contributed by atoms with E-state index in [1.54, 1.807) is 11.9 Å². The molecule has 0 aromatic carbocycles. The first-order chi connectivity index (χ1) is 9.38. The quantitative estimate of drug-likeness (QED) is 0.632. The Kier molecular flexibility index (Phi) is 6.87. The van der Waals surface area contributed by atoms with E-state index < -0.39 is 0 Å². The number of carbonyl (C=O) groups excluding carboxylic acids is 2. The molecule has 1 rings (SSSR count). The first kappa shape index (κ1) is 16.8. The number of nitrogens with two attached hydrogens (primary N) is 1. The minimum absolute atomic E-state index is 0.00501. The number of thiocarbonyl (C=S) groups is 1. The van der Waals surface area contributed by atoms with Crippen LogP contribution in [0.25, 0.3) is 0 Å². The highest BCUT2D eigenvalue weighted by Gasteiger charge is 2.23. The second-order valence-corrected chi connectivity index (χ2v) is 5.79. The van der Waals surface area contributed by atoms with Crippen molar-refractivity contribution in [3.05, 3.63) is 0 Å². The van der Waals surface area contributed by atoms with Crippen molar-refractivity contribution in [1.82, 2.24) is 15.1 Å². The predicted octanol–water partition coefficient (Wildman–Crippen LogP) is -0.278. The monoisotopic (exact) mass is 300 g/mol. The van der Waals surface area contributed by atoms with Crippen molar-refractivity contribution in [2.24, 2.45) is 5.73 Å². The summed E-state index contributed by atoms with van der Waals surface area (Å²) in [7, 11) is 1.77. The Morgan fingerprint density at radius 1 is 1.45 bits per heavy atom. The minimum Gasteiger partial charge on any atom is -0.393 e. The van der Waals surface area contributed by atoms with Gasteiger partial charge < -0.3 is 20.9 Å². The Balaban J connectivity index is 2.21. The molecule has 1 fully saturated rings. The van der Waals surface area contributed by atoms with E-state index in [9.17, 15) is 9.59 Å². The van der Waals surface area contributed by atoms with Crippen molar-refractivity contribution in [3.8, 4) is 0 Å². The fourth-order valence-electron chi connectivity index (χ4n) is 2.29. The fraction of sp³-hybridized carbons (Fsp3) is 0.769. The van der Waals surface area contributed by atoms with Gasteiger partial charge in [0.1, 0.15) is 0 Å². The van der Waals surface area contributed by atoms with Gasteiger partial charge in [0.2, 0.25) is 11.8 Å². The number of likely N-dealkylation sites (tertiary alicyclic amines) is 1. The lowest BCUT2D eigenvalue weighted by atomic mass is 10.2. The zero-order valence-electron chi connectivity index (χ0n) is 12.2. The van der Waals surface area contributed by atoms with Crippen molar-refractivity contribution in [3.63, 3.8) is 0 Å². The Bertz CT molecular complexity index is 375. The van der Waals surface area contributed by atoms with Gasteiger partial charge in [0.15, 0.2) is 0 Å². The van der Waals surface area contributed by atoms with Crippen molar-refractivity contribution in [2.75, 3.05) is 33.2 Å². The molecule has 3 N–H and O–H groups in total. The average molecular weight is 300 g/mol. The summed E-state index contributed by atoms with van der Waals surface area (Å²) in [6.45, 7) is 4.58. The molecule has 0 radical (unpaired) electrons. The van der Waals surface area contributed by atoms with E-state index in [1.807, 2.05) is 0 Å². The van der Waals surface area contributed by atoms with Gasteiger partial charge in [-0.15, -0.1) is 0 Å². The Hall–Kier alpha value is -1.21. The molecule has 1 heterocycles. The molecule has 0 spiro atoms. The first-order valence-electron chi connectivity index (χ1n) is 6.90. The lowest BCUT2D eigenvalue weighted by Crippen LogP contribution is -2.37. The highest BCUT2D eigenvalue weighted by molar-refractivity contribution is 7.80. The Labute approximate surface area is 125 Å². The molecule has 20 heavy (non-hydrogen) atoms. The van der Waals surface area contributed by atoms with Crippen molar-refractivity contribution < 1.29 is 9.59 Å². The summed E-state index contributed by atoms with van der Waals surface area (Å²) >= 11 is 4.80. The highest BCUT2D eigenvalue weighted by Crippen LogP contribution is 2.09. The van der Waals surface area contributed by atoms with Crippen LogP contribution in [0.3, 0.4) is 0 Å². The molecule has 1 unspecified atom stereocenters. The molecule has 7 heteroatoms. The zero-order chi connectivity index (χ0) is 15.1. The summed E-state index contributed by atoms with van der Waals surface area (Å²) in [5, 5.41) is 2.91. The highest BCUT2D eigenvalue weighted by atomic mass is 32.1. The van der Waals surface area contributed by atoms with Gasteiger partial charge in [-0.05, 0) is 6.42 Å². The summed E-state index contributed by atoms with van der Waals surface area (Å²) < 4.78 is 0. The maximum Gasteiger partial charge on any atom is 0.223 e. The average Bonchev–Trinajstić information content (AvgIpc) is 2.79. The van der Waals surface area contributed by atoms with E-state index >= 15 is 0 Å². The van der Waals surface area contributed by atoms with Gasteiger partial charge in [-0.3, -0.25) is 9.59 Å². The van der Waals surface area contributed by atoms with Gasteiger partial charge in [-0.25, -0.2) is 0 Å². The lowest BCUT2D eigenvalue weighted by Gasteiger charge is -2.20. The number of hydrogen-bond acceptors (Lipinski definition) is 4. The summed E-state index contributed by atoms with van der Waals surface area (Å²) in [6, 6.07) is 0.218. The molecule has 0 aliphatic carbocycles. The number of amides is 2. The standard InChI is InChI=1S/C13H24N4O2S/c1-10(18)15-11-3-7-17(9-11)8-5-13(19)16(2)6-4-12(14)20/h11H,3-9H2,1-2H3,(H2,14,20)(H,15,18). The molecule has 0 aromatic rings. The summed E-state index contributed by atoms with van der Waals surface area (Å²) in [5.74, 6) is 0.106. The first-order valence-corrected chi connectivity index (χ1v) is 7.31. The van der Waals surface area contributed by atoms with Gasteiger partial charge in [-0.2, -0.15) is 0 Å². The van der Waals surface area contributed by atoms with Gasteiger partial charge >= 0.3 is 0 Å². The van der Waals surface area contributed by atoms with Crippen LogP contribution in [0, 0.1) is 0 Å². The van der Waals surface area contributed by atoms with Crippen LogP contribution >= 0.6 is 12.2 Å². The number of nitrogens with one attached hydrogen (secondary N) is 1. The minimum atomic E-state index is 0.00501. The van der Waals surface area contributed by atoms with Gasteiger partial charge in [-0.1, -0.05) is 12.2 Å². The van der Waals surface area contributed by atoms with Crippen molar-refractivity contribution in [1.29, 1.82) is 0 Å². The summed E-state index contributed by atoms with van der Waals surface area (Å²) in [4.78, 5) is 27.2. The van der Waals surface area contributed by atoms with Crippen LogP contribution in [0.1, 0.15) is 26.2 Å². The topological polar surface area (TPSA) is 78.7 Å².